The molecule has 2 heterocycles. The van der Waals surface area contributed by atoms with E-state index < -0.39 is 0 Å². The molecule has 22 heavy (non-hydrogen) atoms. The van der Waals surface area contributed by atoms with Crippen LogP contribution < -0.4 is 4.90 Å². The Morgan fingerprint density at radius 3 is 2.55 bits per heavy atom. The van der Waals surface area contributed by atoms with Crippen molar-refractivity contribution in [3.05, 3.63) is 30.3 Å². The smallest absolute Gasteiger partial charge is 0.140 e. The van der Waals surface area contributed by atoms with E-state index in [1.165, 1.54) is 31.7 Å². The number of piperazine rings is 1. The Balaban J connectivity index is 1.55. The number of hydrogen-bond acceptors (Lipinski definition) is 4. The molecule has 1 aromatic heterocycles. The van der Waals surface area contributed by atoms with Gasteiger partial charge in [-0.2, -0.15) is 0 Å². The molecule has 0 radical (unpaired) electrons. The summed E-state index contributed by atoms with van der Waals surface area (Å²) >= 11 is 0. The van der Waals surface area contributed by atoms with Crippen molar-refractivity contribution in [2.45, 2.75) is 31.7 Å². The summed E-state index contributed by atoms with van der Waals surface area (Å²) in [6, 6.07) is 5.51. The van der Waals surface area contributed by atoms with Gasteiger partial charge in [0, 0.05) is 37.6 Å². The number of nitrogens with zero attached hydrogens (tertiary/aromatic N) is 4. The van der Waals surface area contributed by atoms with Gasteiger partial charge in [0.1, 0.15) is 18.0 Å². The van der Waals surface area contributed by atoms with Crippen LogP contribution in [-0.4, -0.2) is 47.1 Å². The molecule has 1 aliphatic carbocycles. The van der Waals surface area contributed by atoms with Gasteiger partial charge >= 0.3 is 0 Å². The summed E-state index contributed by atoms with van der Waals surface area (Å²) in [5, 5.41) is 0.816. The van der Waals surface area contributed by atoms with Crippen LogP contribution in [0.3, 0.4) is 0 Å². The molecule has 1 aromatic carbocycles. The molecule has 2 aliphatic rings. The number of rotatable bonds is 2. The number of halogens is 1. The molecular weight excluding hydrogens is 279 g/mol. The van der Waals surface area contributed by atoms with E-state index in [4.69, 9.17) is 0 Å². The first-order valence-corrected chi connectivity index (χ1v) is 8.20. The lowest BCUT2D eigenvalue weighted by molar-refractivity contribution is 0.187. The number of anilines is 1. The van der Waals surface area contributed by atoms with Crippen LogP contribution in [0.4, 0.5) is 10.2 Å². The monoisotopic (exact) mass is 300 g/mol. The zero-order valence-electron chi connectivity index (χ0n) is 12.7. The summed E-state index contributed by atoms with van der Waals surface area (Å²) in [5.41, 5.74) is 0.810. The number of benzene rings is 1. The van der Waals surface area contributed by atoms with Crippen LogP contribution in [-0.2, 0) is 0 Å². The maximum absolute atomic E-state index is 13.6. The first-order valence-electron chi connectivity index (χ1n) is 8.20. The van der Waals surface area contributed by atoms with Crippen molar-refractivity contribution in [3.63, 3.8) is 0 Å². The summed E-state index contributed by atoms with van der Waals surface area (Å²) in [5.74, 6) is 0.642. The molecule has 4 nitrogen and oxygen atoms in total. The van der Waals surface area contributed by atoms with Crippen molar-refractivity contribution in [1.29, 1.82) is 0 Å². The molecule has 2 aromatic rings. The van der Waals surface area contributed by atoms with Crippen molar-refractivity contribution in [3.8, 4) is 0 Å². The highest BCUT2D eigenvalue weighted by Gasteiger charge is 2.27. The van der Waals surface area contributed by atoms with Crippen molar-refractivity contribution in [2.75, 3.05) is 31.1 Å². The fourth-order valence-electron chi connectivity index (χ4n) is 3.84. The van der Waals surface area contributed by atoms with Gasteiger partial charge in [-0.3, -0.25) is 4.90 Å². The predicted molar refractivity (Wildman–Crippen MR) is 85.5 cm³/mol. The fraction of sp³-hybridized carbons (Fsp3) is 0.529. The molecule has 0 amide bonds. The summed E-state index contributed by atoms with van der Waals surface area (Å²) in [6.07, 6.45) is 7.03. The van der Waals surface area contributed by atoms with Gasteiger partial charge in [0.15, 0.2) is 0 Å². The predicted octanol–water partition coefficient (Wildman–Crippen LogP) is 2.83. The third-order valence-electron chi connectivity index (χ3n) is 5.03. The molecule has 2 fully saturated rings. The van der Waals surface area contributed by atoms with E-state index in [-0.39, 0.29) is 5.82 Å². The van der Waals surface area contributed by atoms with Crippen LogP contribution in [0.25, 0.3) is 10.9 Å². The Kier molecular flexibility index (Phi) is 3.66. The number of aromatic nitrogens is 2. The van der Waals surface area contributed by atoms with Gasteiger partial charge < -0.3 is 4.90 Å². The zero-order valence-corrected chi connectivity index (χ0v) is 12.7. The molecule has 1 saturated carbocycles. The van der Waals surface area contributed by atoms with Crippen molar-refractivity contribution in [1.82, 2.24) is 14.9 Å². The lowest BCUT2D eigenvalue weighted by Crippen LogP contribution is -2.50. The van der Waals surface area contributed by atoms with Crippen LogP contribution in [0.5, 0.6) is 0 Å². The van der Waals surface area contributed by atoms with Gasteiger partial charge in [-0.15, -0.1) is 0 Å². The minimum atomic E-state index is -0.229. The molecule has 5 heteroatoms. The second kappa shape index (κ2) is 5.80. The van der Waals surface area contributed by atoms with Crippen LogP contribution in [0.1, 0.15) is 25.7 Å². The molecule has 0 unspecified atom stereocenters. The van der Waals surface area contributed by atoms with E-state index >= 15 is 0 Å². The van der Waals surface area contributed by atoms with E-state index in [1.54, 1.807) is 18.5 Å². The van der Waals surface area contributed by atoms with Crippen LogP contribution in [0.15, 0.2) is 24.5 Å². The molecule has 0 spiro atoms. The Hall–Kier alpha value is -1.75. The average Bonchev–Trinajstić information content (AvgIpc) is 3.09. The average molecular weight is 300 g/mol. The SMILES string of the molecule is Fc1ccc2ncnc(N3CCN(C4CCCC4)CC3)c2c1. The van der Waals surface area contributed by atoms with Gasteiger partial charge in [-0.05, 0) is 31.0 Å². The largest absolute Gasteiger partial charge is 0.353 e. The molecule has 4 rings (SSSR count). The van der Waals surface area contributed by atoms with Gasteiger partial charge in [0.05, 0.1) is 5.52 Å². The lowest BCUT2D eigenvalue weighted by Gasteiger charge is -2.38. The van der Waals surface area contributed by atoms with Crippen molar-refractivity contribution >= 4 is 16.7 Å². The van der Waals surface area contributed by atoms with E-state index in [2.05, 4.69) is 19.8 Å². The topological polar surface area (TPSA) is 32.3 Å². The summed E-state index contributed by atoms with van der Waals surface area (Å²) in [6.45, 7) is 4.06. The lowest BCUT2D eigenvalue weighted by atomic mass is 10.1. The Labute approximate surface area is 130 Å². The second-order valence-corrected chi connectivity index (χ2v) is 6.32. The van der Waals surface area contributed by atoms with Crippen molar-refractivity contribution in [2.24, 2.45) is 0 Å². The van der Waals surface area contributed by atoms with Crippen LogP contribution in [0.2, 0.25) is 0 Å². The first-order chi connectivity index (χ1) is 10.8. The van der Waals surface area contributed by atoms with E-state index in [0.717, 1.165) is 48.9 Å². The highest BCUT2D eigenvalue weighted by Crippen LogP contribution is 2.27. The van der Waals surface area contributed by atoms with E-state index in [0.29, 0.717) is 0 Å². The third kappa shape index (κ3) is 2.54. The van der Waals surface area contributed by atoms with Gasteiger partial charge in [-0.1, -0.05) is 12.8 Å². The molecule has 1 saturated heterocycles. The molecule has 0 bridgehead atoms. The molecule has 0 atom stereocenters. The minimum absolute atomic E-state index is 0.229. The first kappa shape index (κ1) is 13.9. The van der Waals surface area contributed by atoms with Crippen LogP contribution in [0, 0.1) is 5.82 Å². The Morgan fingerprint density at radius 1 is 1.00 bits per heavy atom. The summed E-state index contributed by atoms with van der Waals surface area (Å²) in [4.78, 5) is 13.6. The number of fused-ring (bicyclic) bond motifs is 1. The second-order valence-electron chi connectivity index (χ2n) is 6.32. The standard InChI is InChI=1S/C17H21FN4/c18-13-5-6-16-15(11-13)17(20-12-19-16)22-9-7-21(8-10-22)14-3-1-2-4-14/h5-6,11-12,14H,1-4,7-10H2. The van der Waals surface area contributed by atoms with Gasteiger partial charge in [0.25, 0.3) is 0 Å². The fourth-order valence-corrected chi connectivity index (χ4v) is 3.84. The van der Waals surface area contributed by atoms with E-state index in [1.807, 2.05) is 0 Å². The zero-order chi connectivity index (χ0) is 14.9. The third-order valence-corrected chi connectivity index (χ3v) is 5.03. The molecule has 1 aliphatic heterocycles. The Morgan fingerprint density at radius 2 is 1.77 bits per heavy atom. The van der Waals surface area contributed by atoms with Crippen LogP contribution >= 0.6 is 0 Å². The van der Waals surface area contributed by atoms with Gasteiger partial charge in [0.2, 0.25) is 0 Å². The molecular formula is C17H21FN4. The quantitative estimate of drug-likeness (QED) is 0.854. The maximum atomic E-state index is 13.6. The van der Waals surface area contributed by atoms with E-state index in [9.17, 15) is 4.39 Å². The minimum Gasteiger partial charge on any atom is -0.353 e. The van der Waals surface area contributed by atoms with Crippen molar-refractivity contribution < 1.29 is 4.39 Å². The highest BCUT2D eigenvalue weighted by atomic mass is 19.1. The Bertz CT molecular complexity index is 661. The van der Waals surface area contributed by atoms with Gasteiger partial charge in [-0.25, -0.2) is 14.4 Å². The summed E-state index contributed by atoms with van der Waals surface area (Å²) in [7, 11) is 0. The molecule has 0 N–H and O–H groups in total. The molecule has 116 valence electrons. The summed E-state index contributed by atoms with van der Waals surface area (Å²) < 4.78 is 13.6. The normalized spacial score (nSPS) is 20.9. The number of hydrogen-bond donors (Lipinski definition) is 0. The highest BCUT2D eigenvalue weighted by molar-refractivity contribution is 5.89. The maximum Gasteiger partial charge on any atom is 0.140 e.